The van der Waals surface area contributed by atoms with Crippen molar-refractivity contribution in [2.24, 2.45) is 0 Å². The minimum absolute atomic E-state index is 0.0256. The van der Waals surface area contributed by atoms with Crippen LogP contribution in [0.4, 0.5) is 14.9 Å². The standard InChI is InChI=1S/C24H22FN3O4S/c1-31-21-11-15-10-16(23(29)26-20(15)12-22(21)32-2)13-28(14-17-6-5-9-33-17)24(30)27-19-8-4-3-7-18(19)25/h3-12H,13-14H2,1-2H3,(H,26,29)(H,27,30). The van der Waals surface area contributed by atoms with Crippen LogP contribution in [0.25, 0.3) is 10.9 Å². The molecule has 0 aliphatic heterocycles. The van der Waals surface area contributed by atoms with Crippen LogP contribution in [0.15, 0.2) is 64.8 Å². The molecule has 9 heteroatoms. The van der Waals surface area contributed by atoms with Crippen LogP contribution >= 0.6 is 11.3 Å². The van der Waals surface area contributed by atoms with E-state index in [-0.39, 0.29) is 24.3 Å². The van der Waals surface area contributed by atoms with Gasteiger partial charge in [0.15, 0.2) is 11.5 Å². The number of carbonyl (C=O) groups excluding carboxylic acids is 1. The van der Waals surface area contributed by atoms with E-state index >= 15 is 0 Å². The number of halogens is 1. The predicted octanol–water partition coefficient (Wildman–Crippen LogP) is 4.98. The molecule has 0 aliphatic carbocycles. The molecule has 0 fully saturated rings. The Hall–Kier alpha value is -3.85. The number of thiophene rings is 1. The number of hydrogen-bond donors (Lipinski definition) is 2. The fourth-order valence-corrected chi connectivity index (χ4v) is 4.17. The van der Waals surface area contributed by atoms with Crippen molar-refractivity contribution in [2.45, 2.75) is 13.1 Å². The van der Waals surface area contributed by atoms with Gasteiger partial charge in [0.25, 0.3) is 5.56 Å². The van der Waals surface area contributed by atoms with Gasteiger partial charge in [-0.15, -0.1) is 11.3 Å². The number of rotatable bonds is 7. The van der Waals surface area contributed by atoms with E-state index in [2.05, 4.69) is 10.3 Å². The second-order valence-electron chi connectivity index (χ2n) is 7.26. The number of aromatic nitrogens is 1. The van der Waals surface area contributed by atoms with Crippen LogP contribution in [0.2, 0.25) is 0 Å². The average molecular weight is 468 g/mol. The fourth-order valence-electron chi connectivity index (χ4n) is 3.45. The molecule has 2 aromatic carbocycles. The predicted molar refractivity (Wildman–Crippen MR) is 127 cm³/mol. The Morgan fingerprint density at radius 2 is 1.82 bits per heavy atom. The summed E-state index contributed by atoms with van der Waals surface area (Å²) in [7, 11) is 3.05. The van der Waals surface area contributed by atoms with E-state index in [9.17, 15) is 14.0 Å². The number of urea groups is 1. The number of nitrogens with one attached hydrogen (secondary N) is 2. The van der Waals surface area contributed by atoms with Crippen molar-refractivity contribution in [3.8, 4) is 11.5 Å². The Balaban J connectivity index is 1.67. The summed E-state index contributed by atoms with van der Waals surface area (Å²) in [6, 6.07) is 14.4. The van der Waals surface area contributed by atoms with Gasteiger partial charge in [0.2, 0.25) is 0 Å². The summed E-state index contributed by atoms with van der Waals surface area (Å²) in [5.74, 6) is 0.485. The molecule has 2 heterocycles. The van der Waals surface area contributed by atoms with Gasteiger partial charge in [-0.05, 0) is 35.7 Å². The summed E-state index contributed by atoms with van der Waals surface area (Å²) in [6.45, 7) is 0.291. The maximum Gasteiger partial charge on any atom is 0.322 e. The lowest BCUT2D eigenvalue weighted by Crippen LogP contribution is -2.35. The highest BCUT2D eigenvalue weighted by atomic mass is 32.1. The minimum atomic E-state index is -0.536. The Morgan fingerprint density at radius 3 is 2.52 bits per heavy atom. The van der Waals surface area contributed by atoms with Crippen molar-refractivity contribution >= 4 is 34.0 Å². The molecule has 0 spiro atoms. The van der Waals surface area contributed by atoms with Gasteiger partial charge in [-0.3, -0.25) is 4.79 Å². The number of anilines is 1. The molecule has 0 atom stereocenters. The summed E-state index contributed by atoms with van der Waals surface area (Å²) in [6.07, 6.45) is 0. The van der Waals surface area contributed by atoms with Crippen LogP contribution in [0.3, 0.4) is 0 Å². The second-order valence-corrected chi connectivity index (χ2v) is 8.30. The second kappa shape index (κ2) is 9.74. The van der Waals surface area contributed by atoms with Crippen LogP contribution in [0.1, 0.15) is 10.4 Å². The van der Waals surface area contributed by atoms with Gasteiger partial charge in [-0.2, -0.15) is 0 Å². The smallest absolute Gasteiger partial charge is 0.322 e. The molecular weight excluding hydrogens is 445 g/mol. The molecule has 2 aromatic heterocycles. The number of pyridine rings is 1. The molecule has 170 valence electrons. The van der Waals surface area contributed by atoms with E-state index in [1.165, 1.54) is 42.6 Å². The molecular formula is C24H22FN3O4S. The molecule has 0 saturated carbocycles. The van der Waals surface area contributed by atoms with Crippen LogP contribution < -0.4 is 20.3 Å². The summed E-state index contributed by atoms with van der Waals surface area (Å²) in [4.78, 5) is 31.1. The molecule has 33 heavy (non-hydrogen) atoms. The molecule has 7 nitrogen and oxygen atoms in total. The van der Waals surface area contributed by atoms with E-state index in [1.54, 1.807) is 30.3 Å². The average Bonchev–Trinajstić information content (AvgIpc) is 3.33. The number of benzene rings is 2. The first-order valence-electron chi connectivity index (χ1n) is 10.1. The van der Waals surface area contributed by atoms with Crippen molar-refractivity contribution < 1.29 is 18.7 Å². The zero-order valence-electron chi connectivity index (χ0n) is 18.1. The number of aromatic amines is 1. The highest BCUT2D eigenvalue weighted by Gasteiger charge is 2.19. The number of hydrogen-bond acceptors (Lipinski definition) is 5. The lowest BCUT2D eigenvalue weighted by Gasteiger charge is -2.23. The first-order valence-corrected chi connectivity index (χ1v) is 11.0. The van der Waals surface area contributed by atoms with Gasteiger partial charge < -0.3 is 24.7 Å². The van der Waals surface area contributed by atoms with Gasteiger partial charge in [-0.1, -0.05) is 18.2 Å². The summed E-state index contributed by atoms with van der Waals surface area (Å²) in [5, 5.41) is 5.24. The molecule has 0 saturated heterocycles. The van der Waals surface area contributed by atoms with Crippen molar-refractivity contribution in [3.05, 3.63) is 86.6 Å². The van der Waals surface area contributed by atoms with Gasteiger partial charge >= 0.3 is 6.03 Å². The number of methoxy groups -OCH3 is 2. The molecule has 0 radical (unpaired) electrons. The number of para-hydroxylation sites is 1. The largest absolute Gasteiger partial charge is 0.493 e. The number of ether oxygens (including phenoxy) is 2. The normalized spacial score (nSPS) is 10.8. The molecule has 4 aromatic rings. The van der Waals surface area contributed by atoms with Crippen molar-refractivity contribution in [1.29, 1.82) is 0 Å². The van der Waals surface area contributed by atoms with Crippen molar-refractivity contribution in [3.63, 3.8) is 0 Å². The van der Waals surface area contributed by atoms with Crippen molar-refractivity contribution in [2.75, 3.05) is 19.5 Å². The topological polar surface area (TPSA) is 83.7 Å². The molecule has 2 N–H and O–H groups in total. The Labute approximate surface area is 193 Å². The number of carbonyl (C=O) groups is 1. The SMILES string of the molecule is COc1cc2cc(CN(Cc3cccs3)C(=O)Nc3ccccc3F)c(=O)[nH]c2cc1OC. The van der Waals surface area contributed by atoms with Gasteiger partial charge in [0.1, 0.15) is 5.82 Å². The third-order valence-electron chi connectivity index (χ3n) is 5.12. The Kier molecular flexibility index (Phi) is 6.60. The van der Waals surface area contributed by atoms with E-state index < -0.39 is 11.8 Å². The quantitative estimate of drug-likeness (QED) is 0.402. The maximum absolute atomic E-state index is 14.1. The molecule has 2 amide bonds. The number of H-pyrrole nitrogens is 1. The van der Waals surface area contributed by atoms with Gasteiger partial charge in [0, 0.05) is 21.9 Å². The highest BCUT2D eigenvalue weighted by Crippen LogP contribution is 2.31. The lowest BCUT2D eigenvalue weighted by molar-refractivity contribution is 0.206. The van der Waals surface area contributed by atoms with E-state index in [0.717, 1.165) is 10.3 Å². The summed E-state index contributed by atoms with van der Waals surface area (Å²) < 4.78 is 24.7. The monoisotopic (exact) mass is 467 g/mol. The fraction of sp³-hybridized carbons (Fsp3) is 0.167. The zero-order chi connectivity index (χ0) is 23.4. The first-order chi connectivity index (χ1) is 16.0. The van der Waals surface area contributed by atoms with E-state index in [4.69, 9.17) is 9.47 Å². The Bertz CT molecular complexity index is 1340. The van der Waals surface area contributed by atoms with Crippen LogP contribution in [0.5, 0.6) is 11.5 Å². The summed E-state index contributed by atoms with van der Waals surface area (Å²) >= 11 is 1.49. The van der Waals surface area contributed by atoms with Gasteiger partial charge in [0.05, 0.1) is 38.5 Å². The number of fused-ring (bicyclic) bond motifs is 1. The highest BCUT2D eigenvalue weighted by molar-refractivity contribution is 7.09. The van der Waals surface area contributed by atoms with Crippen LogP contribution in [-0.2, 0) is 13.1 Å². The Morgan fingerprint density at radius 1 is 1.06 bits per heavy atom. The molecule has 4 rings (SSSR count). The third kappa shape index (κ3) is 4.98. The van der Waals surface area contributed by atoms with E-state index in [0.29, 0.717) is 22.6 Å². The van der Waals surface area contributed by atoms with Crippen LogP contribution in [-0.4, -0.2) is 30.1 Å². The minimum Gasteiger partial charge on any atom is -0.493 e. The summed E-state index contributed by atoms with van der Waals surface area (Å²) in [5.41, 5.74) is 0.712. The lowest BCUT2D eigenvalue weighted by atomic mass is 10.1. The molecule has 0 bridgehead atoms. The molecule has 0 aliphatic rings. The number of nitrogens with zero attached hydrogens (tertiary/aromatic N) is 1. The van der Waals surface area contributed by atoms with E-state index in [1.807, 2.05) is 17.5 Å². The first kappa shape index (κ1) is 22.3. The van der Waals surface area contributed by atoms with Crippen LogP contribution in [0, 0.1) is 5.82 Å². The zero-order valence-corrected chi connectivity index (χ0v) is 18.9. The van der Waals surface area contributed by atoms with Crippen molar-refractivity contribution in [1.82, 2.24) is 9.88 Å². The third-order valence-corrected chi connectivity index (χ3v) is 5.98. The molecule has 0 unspecified atom stereocenters. The maximum atomic E-state index is 14.1. The number of amides is 2. The van der Waals surface area contributed by atoms with Gasteiger partial charge in [-0.25, -0.2) is 9.18 Å².